The van der Waals surface area contributed by atoms with Crippen LogP contribution in [0, 0.1) is 6.92 Å². The number of likely N-dealkylation sites (tertiary alicyclic amines) is 1. The summed E-state index contributed by atoms with van der Waals surface area (Å²) >= 11 is 0. The van der Waals surface area contributed by atoms with Gasteiger partial charge in [-0.05, 0) is 51.8 Å². The molecule has 0 bridgehead atoms. The fourth-order valence-corrected chi connectivity index (χ4v) is 3.79. The highest BCUT2D eigenvalue weighted by molar-refractivity contribution is 5.12. The van der Waals surface area contributed by atoms with Crippen LogP contribution >= 0.6 is 0 Å². The molecule has 0 radical (unpaired) electrons. The number of aromatic nitrogens is 2. The molecular weight excluding hydrogens is 266 g/mol. The van der Waals surface area contributed by atoms with Crippen molar-refractivity contribution < 1.29 is 10.2 Å². The number of piperidine rings is 1. The molecule has 1 aromatic heterocycles. The quantitative estimate of drug-likeness (QED) is 0.788. The van der Waals surface area contributed by atoms with Crippen molar-refractivity contribution in [2.45, 2.75) is 63.1 Å². The lowest BCUT2D eigenvalue weighted by Gasteiger charge is -2.36. The molecular formula is C16H27N3O2. The summed E-state index contributed by atoms with van der Waals surface area (Å²) in [6.45, 7) is 4.58. The Balaban J connectivity index is 1.49. The average Bonchev–Trinajstić information content (AvgIpc) is 3.09. The lowest BCUT2D eigenvalue weighted by atomic mass is 9.91. The van der Waals surface area contributed by atoms with Gasteiger partial charge in [-0.2, -0.15) is 5.10 Å². The molecule has 2 aliphatic rings. The van der Waals surface area contributed by atoms with Crippen LogP contribution in [0.4, 0.5) is 0 Å². The molecule has 21 heavy (non-hydrogen) atoms. The first kappa shape index (κ1) is 15.0. The van der Waals surface area contributed by atoms with E-state index >= 15 is 0 Å². The van der Waals surface area contributed by atoms with Gasteiger partial charge in [0.2, 0.25) is 0 Å². The van der Waals surface area contributed by atoms with Crippen molar-refractivity contribution in [1.82, 2.24) is 15.1 Å². The Morgan fingerprint density at radius 3 is 2.62 bits per heavy atom. The van der Waals surface area contributed by atoms with Crippen molar-refractivity contribution in [2.75, 3.05) is 19.6 Å². The van der Waals surface area contributed by atoms with E-state index in [9.17, 15) is 10.2 Å². The standard InChI is InChI=1S/C16H27N3O2/c1-12-10-14(18-17-12)13-4-8-19(9-5-13)11-15(20)16(21)6-2-3-7-16/h10,13,15,20-21H,2-9,11H2,1H3,(H,17,18). The molecule has 2 fully saturated rings. The summed E-state index contributed by atoms with van der Waals surface area (Å²) in [5.41, 5.74) is 1.45. The molecule has 0 aromatic carbocycles. The van der Waals surface area contributed by atoms with Gasteiger partial charge in [-0.3, -0.25) is 5.10 Å². The topological polar surface area (TPSA) is 72.4 Å². The molecule has 1 aromatic rings. The maximum absolute atomic E-state index is 10.4. The molecule has 2 heterocycles. The number of nitrogens with zero attached hydrogens (tertiary/aromatic N) is 2. The predicted molar refractivity (Wildman–Crippen MR) is 81.2 cm³/mol. The smallest absolute Gasteiger partial charge is 0.0953 e. The number of aliphatic hydroxyl groups is 2. The van der Waals surface area contributed by atoms with Gasteiger partial charge in [0, 0.05) is 18.2 Å². The van der Waals surface area contributed by atoms with Gasteiger partial charge in [0.15, 0.2) is 0 Å². The molecule has 1 aliphatic heterocycles. The normalized spacial score (nSPS) is 25.3. The lowest BCUT2D eigenvalue weighted by Crippen LogP contribution is -2.48. The van der Waals surface area contributed by atoms with Crippen LogP contribution in [0.25, 0.3) is 0 Å². The molecule has 1 aliphatic carbocycles. The summed E-state index contributed by atoms with van der Waals surface area (Å²) in [7, 11) is 0. The lowest BCUT2D eigenvalue weighted by molar-refractivity contribution is -0.0832. The number of hydrogen-bond donors (Lipinski definition) is 3. The van der Waals surface area contributed by atoms with Gasteiger partial charge in [0.25, 0.3) is 0 Å². The van der Waals surface area contributed by atoms with Crippen LogP contribution in [0.2, 0.25) is 0 Å². The largest absolute Gasteiger partial charge is 0.389 e. The van der Waals surface area contributed by atoms with Crippen LogP contribution in [-0.4, -0.2) is 56.6 Å². The van der Waals surface area contributed by atoms with Crippen LogP contribution in [0.5, 0.6) is 0 Å². The number of hydrogen-bond acceptors (Lipinski definition) is 4. The molecule has 1 saturated carbocycles. The third-order valence-corrected chi connectivity index (χ3v) is 5.25. The number of aryl methyl sites for hydroxylation is 1. The second-order valence-electron chi connectivity index (χ2n) is 6.88. The Bertz CT molecular complexity index is 460. The van der Waals surface area contributed by atoms with Gasteiger partial charge in [-0.25, -0.2) is 0 Å². The minimum Gasteiger partial charge on any atom is -0.389 e. The molecule has 5 nitrogen and oxygen atoms in total. The Hall–Kier alpha value is -0.910. The third-order valence-electron chi connectivity index (χ3n) is 5.25. The highest BCUT2D eigenvalue weighted by Crippen LogP contribution is 2.33. The van der Waals surface area contributed by atoms with Gasteiger partial charge in [-0.1, -0.05) is 12.8 Å². The number of β-amino-alcohol motifs (C(OH)–C–C–N with tert-alkyl or cyclic N) is 1. The van der Waals surface area contributed by atoms with E-state index in [4.69, 9.17) is 0 Å². The van der Waals surface area contributed by atoms with Gasteiger partial charge in [0.05, 0.1) is 17.4 Å². The highest BCUT2D eigenvalue weighted by atomic mass is 16.3. The zero-order valence-electron chi connectivity index (χ0n) is 12.9. The Kier molecular flexibility index (Phi) is 4.33. The van der Waals surface area contributed by atoms with E-state index in [0.717, 1.165) is 57.3 Å². The van der Waals surface area contributed by atoms with Crippen molar-refractivity contribution in [3.63, 3.8) is 0 Å². The van der Waals surface area contributed by atoms with E-state index in [-0.39, 0.29) is 0 Å². The maximum atomic E-state index is 10.4. The van der Waals surface area contributed by atoms with Crippen LogP contribution in [0.1, 0.15) is 55.8 Å². The fourth-order valence-electron chi connectivity index (χ4n) is 3.79. The first-order valence-electron chi connectivity index (χ1n) is 8.21. The van der Waals surface area contributed by atoms with Crippen LogP contribution in [0.3, 0.4) is 0 Å². The van der Waals surface area contributed by atoms with Crippen molar-refractivity contribution >= 4 is 0 Å². The molecule has 118 valence electrons. The first-order valence-corrected chi connectivity index (χ1v) is 8.21. The second-order valence-corrected chi connectivity index (χ2v) is 6.88. The Labute approximate surface area is 126 Å². The summed E-state index contributed by atoms with van der Waals surface area (Å²) in [6.07, 6.45) is 5.12. The minimum absolute atomic E-state index is 0.526. The van der Waals surface area contributed by atoms with Crippen LogP contribution in [0.15, 0.2) is 6.07 Å². The maximum Gasteiger partial charge on any atom is 0.0953 e. The number of rotatable bonds is 4. The predicted octanol–water partition coefficient (Wildman–Crippen LogP) is 1.56. The summed E-state index contributed by atoms with van der Waals surface area (Å²) in [5.74, 6) is 0.526. The van der Waals surface area contributed by atoms with Crippen LogP contribution < -0.4 is 0 Å². The Morgan fingerprint density at radius 2 is 2.05 bits per heavy atom. The van der Waals surface area contributed by atoms with E-state index in [0.29, 0.717) is 12.5 Å². The van der Waals surface area contributed by atoms with Gasteiger partial charge in [-0.15, -0.1) is 0 Å². The zero-order valence-corrected chi connectivity index (χ0v) is 12.9. The third kappa shape index (κ3) is 3.30. The van der Waals surface area contributed by atoms with Crippen molar-refractivity contribution in [2.24, 2.45) is 0 Å². The summed E-state index contributed by atoms with van der Waals surface area (Å²) < 4.78 is 0. The van der Waals surface area contributed by atoms with E-state index < -0.39 is 11.7 Å². The number of aliphatic hydroxyl groups excluding tert-OH is 1. The van der Waals surface area contributed by atoms with Gasteiger partial charge in [0.1, 0.15) is 0 Å². The van der Waals surface area contributed by atoms with Gasteiger partial charge >= 0.3 is 0 Å². The van der Waals surface area contributed by atoms with Crippen molar-refractivity contribution in [1.29, 1.82) is 0 Å². The summed E-state index contributed by atoms with van der Waals surface area (Å²) in [5, 5.41) is 28.2. The zero-order chi connectivity index (χ0) is 14.9. The van der Waals surface area contributed by atoms with E-state index in [1.807, 2.05) is 6.92 Å². The number of nitrogens with one attached hydrogen (secondary N) is 1. The molecule has 1 saturated heterocycles. The monoisotopic (exact) mass is 293 g/mol. The Morgan fingerprint density at radius 1 is 1.38 bits per heavy atom. The number of H-pyrrole nitrogens is 1. The van der Waals surface area contributed by atoms with Crippen LogP contribution in [-0.2, 0) is 0 Å². The molecule has 3 N–H and O–H groups in total. The van der Waals surface area contributed by atoms with E-state index in [1.54, 1.807) is 0 Å². The second kappa shape index (κ2) is 6.07. The molecule has 3 rings (SSSR count). The highest BCUT2D eigenvalue weighted by Gasteiger charge is 2.39. The molecule has 1 unspecified atom stereocenters. The SMILES string of the molecule is Cc1cc(C2CCN(CC(O)C3(O)CCCC3)CC2)n[nH]1. The molecule has 0 amide bonds. The molecule has 5 heteroatoms. The summed E-state index contributed by atoms with van der Waals surface area (Å²) in [4.78, 5) is 2.29. The number of aromatic amines is 1. The van der Waals surface area contributed by atoms with E-state index in [2.05, 4.69) is 21.2 Å². The average molecular weight is 293 g/mol. The van der Waals surface area contributed by atoms with E-state index in [1.165, 1.54) is 5.69 Å². The first-order chi connectivity index (χ1) is 10.1. The van der Waals surface area contributed by atoms with Gasteiger partial charge < -0.3 is 15.1 Å². The molecule has 0 spiro atoms. The molecule has 1 atom stereocenters. The minimum atomic E-state index is -0.837. The summed E-state index contributed by atoms with van der Waals surface area (Å²) in [6, 6.07) is 2.14. The van der Waals surface area contributed by atoms with Crippen molar-refractivity contribution in [3.05, 3.63) is 17.5 Å². The van der Waals surface area contributed by atoms with Crippen molar-refractivity contribution in [3.8, 4) is 0 Å². The fraction of sp³-hybridized carbons (Fsp3) is 0.812.